The molecule has 0 spiro atoms. The Labute approximate surface area is 198 Å². The molecule has 1 aliphatic rings. The molecule has 0 bridgehead atoms. The number of carboxylic acid groups (broad SMARTS) is 1. The molecule has 2 aromatic carbocycles. The standard InChI is InChI=1S/C25H30N4O5/c1-15(2)17-4-8-19(9-5-17)27-25(33)28-20-10-6-18(7-11-20)21-13-22(24(26)32)34-29(21)14-16(3)12-23(30)31/h4-11,13,15-16,22H,12,14H2,1-3H3,(H2,26,32)(H,30,31)(H2,27,28,33). The summed E-state index contributed by atoms with van der Waals surface area (Å²) >= 11 is 0. The Hall–Kier alpha value is -3.85. The lowest BCUT2D eigenvalue weighted by atomic mass is 10.0. The molecular formula is C25H30N4O5. The molecule has 1 aliphatic heterocycles. The van der Waals surface area contributed by atoms with E-state index >= 15 is 0 Å². The summed E-state index contributed by atoms with van der Waals surface area (Å²) < 4.78 is 0. The van der Waals surface area contributed by atoms with Crippen molar-refractivity contribution in [3.8, 4) is 0 Å². The minimum Gasteiger partial charge on any atom is -0.481 e. The second-order valence-corrected chi connectivity index (χ2v) is 8.68. The number of hydrogen-bond donors (Lipinski definition) is 4. The zero-order chi connectivity index (χ0) is 24.8. The molecule has 0 aliphatic carbocycles. The third kappa shape index (κ3) is 6.58. The van der Waals surface area contributed by atoms with E-state index in [-0.39, 0.29) is 24.9 Å². The zero-order valence-electron chi connectivity index (χ0n) is 19.4. The number of benzene rings is 2. The van der Waals surface area contributed by atoms with Crippen LogP contribution in [0.15, 0.2) is 54.6 Å². The number of carbonyl (C=O) groups excluding carboxylic acids is 2. The van der Waals surface area contributed by atoms with Gasteiger partial charge in [0, 0.05) is 29.9 Å². The summed E-state index contributed by atoms with van der Waals surface area (Å²) in [5, 5.41) is 16.1. The molecule has 180 valence electrons. The van der Waals surface area contributed by atoms with Gasteiger partial charge in [-0.05, 0) is 47.7 Å². The van der Waals surface area contributed by atoms with Crippen molar-refractivity contribution in [1.82, 2.24) is 5.06 Å². The number of hydrogen-bond acceptors (Lipinski definition) is 5. The molecule has 2 unspecified atom stereocenters. The fraction of sp³-hybridized carbons (Fsp3) is 0.320. The van der Waals surface area contributed by atoms with Gasteiger partial charge in [-0.15, -0.1) is 0 Å². The first-order chi connectivity index (χ1) is 16.1. The number of nitrogens with one attached hydrogen (secondary N) is 2. The van der Waals surface area contributed by atoms with E-state index < -0.39 is 18.0 Å². The van der Waals surface area contributed by atoms with E-state index in [1.165, 1.54) is 10.6 Å². The molecule has 0 fully saturated rings. The van der Waals surface area contributed by atoms with E-state index in [1.54, 1.807) is 37.3 Å². The smallest absolute Gasteiger partial charge is 0.323 e. The average Bonchev–Trinajstić information content (AvgIpc) is 3.18. The number of aliphatic carboxylic acids is 1. The minimum atomic E-state index is -0.933. The van der Waals surface area contributed by atoms with Gasteiger partial charge in [0.1, 0.15) is 0 Å². The number of primary amides is 1. The lowest BCUT2D eigenvalue weighted by molar-refractivity contribution is -0.156. The average molecular weight is 467 g/mol. The van der Waals surface area contributed by atoms with Crippen molar-refractivity contribution in [2.24, 2.45) is 11.7 Å². The largest absolute Gasteiger partial charge is 0.481 e. The minimum absolute atomic E-state index is 0.0352. The number of hydroxylamine groups is 2. The summed E-state index contributed by atoms with van der Waals surface area (Å²) in [6.45, 7) is 6.28. The van der Waals surface area contributed by atoms with E-state index in [0.717, 1.165) is 5.56 Å². The van der Waals surface area contributed by atoms with Crippen LogP contribution in [0.4, 0.5) is 16.2 Å². The van der Waals surface area contributed by atoms with Crippen LogP contribution in [-0.4, -0.2) is 40.7 Å². The second kappa shape index (κ2) is 10.8. The highest BCUT2D eigenvalue weighted by Gasteiger charge is 2.30. The molecule has 9 heteroatoms. The van der Waals surface area contributed by atoms with Crippen molar-refractivity contribution in [2.45, 2.75) is 39.2 Å². The van der Waals surface area contributed by atoms with E-state index in [4.69, 9.17) is 15.7 Å². The number of urea groups is 1. The first kappa shape index (κ1) is 24.8. The number of anilines is 2. The highest BCUT2D eigenvalue weighted by molar-refractivity contribution is 5.99. The molecule has 0 radical (unpaired) electrons. The molecule has 3 rings (SSSR count). The van der Waals surface area contributed by atoms with E-state index in [9.17, 15) is 14.4 Å². The SMILES string of the molecule is CC(CC(=O)O)CN1OC(C(N)=O)C=C1c1ccc(NC(=O)Nc2ccc(C(C)C)cc2)cc1. The number of carbonyl (C=O) groups is 3. The summed E-state index contributed by atoms with van der Waals surface area (Å²) in [6.07, 6.45) is 0.635. The van der Waals surface area contributed by atoms with E-state index in [1.807, 2.05) is 24.3 Å². The summed E-state index contributed by atoms with van der Waals surface area (Å²) in [5.74, 6) is -1.35. The Morgan fingerprint density at radius 1 is 1.00 bits per heavy atom. The Bertz CT molecular complexity index is 1060. The summed E-state index contributed by atoms with van der Waals surface area (Å²) in [7, 11) is 0. The van der Waals surface area contributed by atoms with Gasteiger partial charge >= 0.3 is 12.0 Å². The maximum atomic E-state index is 12.4. The monoisotopic (exact) mass is 466 g/mol. The fourth-order valence-corrected chi connectivity index (χ4v) is 3.58. The number of nitrogens with two attached hydrogens (primary N) is 1. The van der Waals surface area contributed by atoms with Crippen LogP contribution in [0.5, 0.6) is 0 Å². The first-order valence-corrected chi connectivity index (χ1v) is 11.1. The third-order valence-electron chi connectivity index (χ3n) is 5.37. The van der Waals surface area contributed by atoms with Crippen molar-refractivity contribution in [1.29, 1.82) is 0 Å². The Kier molecular flexibility index (Phi) is 7.91. The molecule has 0 saturated heterocycles. The number of nitrogens with zero attached hydrogens (tertiary/aromatic N) is 1. The molecule has 2 atom stereocenters. The molecule has 34 heavy (non-hydrogen) atoms. The second-order valence-electron chi connectivity index (χ2n) is 8.68. The van der Waals surface area contributed by atoms with Gasteiger partial charge in [0.25, 0.3) is 5.91 Å². The molecule has 5 N–H and O–H groups in total. The first-order valence-electron chi connectivity index (χ1n) is 11.1. The van der Waals surface area contributed by atoms with Crippen LogP contribution in [0, 0.1) is 5.92 Å². The van der Waals surface area contributed by atoms with Crippen LogP contribution >= 0.6 is 0 Å². The Balaban J connectivity index is 1.66. The molecule has 2 aromatic rings. The number of amides is 3. The lowest BCUT2D eigenvalue weighted by Crippen LogP contribution is -2.33. The normalized spacial score (nSPS) is 16.2. The lowest BCUT2D eigenvalue weighted by Gasteiger charge is -2.24. The van der Waals surface area contributed by atoms with Gasteiger partial charge in [-0.3, -0.25) is 19.5 Å². The van der Waals surface area contributed by atoms with Crippen LogP contribution in [0.2, 0.25) is 0 Å². The maximum Gasteiger partial charge on any atom is 0.323 e. The predicted molar refractivity (Wildman–Crippen MR) is 130 cm³/mol. The summed E-state index contributed by atoms with van der Waals surface area (Å²) in [4.78, 5) is 40.6. The predicted octanol–water partition coefficient (Wildman–Crippen LogP) is 4.01. The van der Waals surface area contributed by atoms with Crippen LogP contribution in [0.3, 0.4) is 0 Å². The summed E-state index contributed by atoms with van der Waals surface area (Å²) in [6, 6.07) is 14.3. The van der Waals surface area contributed by atoms with Crippen LogP contribution in [0.1, 0.15) is 44.2 Å². The van der Waals surface area contributed by atoms with Gasteiger partial charge in [0.2, 0.25) is 0 Å². The highest BCUT2D eigenvalue weighted by atomic mass is 16.7. The van der Waals surface area contributed by atoms with Gasteiger partial charge in [-0.1, -0.05) is 45.0 Å². The van der Waals surface area contributed by atoms with Crippen molar-refractivity contribution in [3.05, 3.63) is 65.7 Å². The quantitative estimate of drug-likeness (QED) is 0.441. The summed E-state index contributed by atoms with van der Waals surface area (Å²) in [5.41, 5.74) is 9.21. The van der Waals surface area contributed by atoms with Crippen molar-refractivity contribution in [3.63, 3.8) is 0 Å². The Morgan fingerprint density at radius 2 is 1.56 bits per heavy atom. The highest BCUT2D eigenvalue weighted by Crippen LogP contribution is 2.30. The van der Waals surface area contributed by atoms with Crippen molar-refractivity contribution < 1.29 is 24.3 Å². The van der Waals surface area contributed by atoms with Crippen LogP contribution < -0.4 is 16.4 Å². The maximum absolute atomic E-state index is 12.4. The molecule has 3 amide bonds. The molecule has 9 nitrogen and oxygen atoms in total. The van der Waals surface area contributed by atoms with Crippen molar-refractivity contribution >= 4 is 35.0 Å². The van der Waals surface area contributed by atoms with Gasteiger partial charge < -0.3 is 21.5 Å². The van der Waals surface area contributed by atoms with Crippen LogP contribution in [-0.2, 0) is 14.4 Å². The van der Waals surface area contributed by atoms with Gasteiger partial charge in [0.05, 0.1) is 5.70 Å². The van der Waals surface area contributed by atoms with E-state index in [0.29, 0.717) is 23.0 Å². The molecule has 0 aromatic heterocycles. The third-order valence-corrected chi connectivity index (χ3v) is 5.37. The molecule has 0 saturated carbocycles. The fourth-order valence-electron chi connectivity index (χ4n) is 3.58. The zero-order valence-corrected chi connectivity index (χ0v) is 19.4. The van der Waals surface area contributed by atoms with Crippen molar-refractivity contribution in [2.75, 3.05) is 17.2 Å². The number of carboxylic acids is 1. The van der Waals surface area contributed by atoms with Gasteiger partial charge in [-0.25, -0.2) is 4.79 Å². The van der Waals surface area contributed by atoms with Gasteiger partial charge in [0.15, 0.2) is 6.10 Å². The number of rotatable bonds is 9. The van der Waals surface area contributed by atoms with Crippen LogP contribution in [0.25, 0.3) is 5.70 Å². The van der Waals surface area contributed by atoms with E-state index in [2.05, 4.69) is 24.5 Å². The molecule has 1 heterocycles. The van der Waals surface area contributed by atoms with Gasteiger partial charge in [-0.2, -0.15) is 0 Å². The topological polar surface area (TPSA) is 134 Å². The Morgan fingerprint density at radius 3 is 2.06 bits per heavy atom. The molecular weight excluding hydrogens is 436 g/mol.